The van der Waals surface area contributed by atoms with Crippen molar-refractivity contribution in [2.24, 2.45) is 0 Å². The molecule has 1 atom stereocenters. The Bertz CT molecular complexity index is 829. The number of carbonyl (C=O) groups excluding carboxylic acids is 1. The topological polar surface area (TPSA) is 66.8 Å². The van der Waals surface area contributed by atoms with Gasteiger partial charge >= 0.3 is 5.97 Å². The van der Waals surface area contributed by atoms with Crippen molar-refractivity contribution in [1.29, 1.82) is 0 Å². The van der Waals surface area contributed by atoms with Crippen molar-refractivity contribution in [2.75, 3.05) is 6.61 Å². The lowest BCUT2D eigenvalue weighted by molar-refractivity contribution is -0.145. The Balaban J connectivity index is 2.33. The number of benzene rings is 1. The second kappa shape index (κ2) is 17.9. The summed E-state index contributed by atoms with van der Waals surface area (Å²) in [5.41, 5.74) is 0.949. The Morgan fingerprint density at radius 3 is 1.49 bits per heavy atom. The summed E-state index contributed by atoms with van der Waals surface area (Å²) in [4.78, 5) is 12.9. The van der Waals surface area contributed by atoms with Gasteiger partial charge in [0.15, 0.2) is 0 Å². The quantitative estimate of drug-likeness (QED) is 0.134. The highest BCUT2D eigenvalue weighted by atomic mass is 16.5. The summed E-state index contributed by atoms with van der Waals surface area (Å²) in [6.45, 7) is 16.4. The van der Waals surface area contributed by atoms with Crippen molar-refractivity contribution in [2.45, 2.75) is 175 Å². The molecule has 0 spiro atoms. The molecule has 1 unspecified atom stereocenters. The van der Waals surface area contributed by atoms with E-state index in [0.717, 1.165) is 18.4 Å². The molecule has 226 valence electrons. The molecule has 0 bridgehead atoms. The van der Waals surface area contributed by atoms with Gasteiger partial charge < -0.3 is 14.9 Å². The Morgan fingerprint density at radius 2 is 1.10 bits per heavy atom. The molecular formula is C35H62O4. The second-order valence-electron chi connectivity index (χ2n) is 13.8. The summed E-state index contributed by atoms with van der Waals surface area (Å²) in [7, 11) is 0. The van der Waals surface area contributed by atoms with E-state index < -0.39 is 11.3 Å². The van der Waals surface area contributed by atoms with Crippen LogP contribution in [0.5, 0.6) is 11.5 Å². The molecule has 0 aliphatic rings. The molecule has 2 N–H and O–H groups in total. The number of carbonyl (C=O) groups is 1. The van der Waals surface area contributed by atoms with Gasteiger partial charge in [0.05, 0.1) is 12.5 Å². The number of aromatic hydroxyl groups is 2. The van der Waals surface area contributed by atoms with E-state index in [9.17, 15) is 15.0 Å². The van der Waals surface area contributed by atoms with Crippen LogP contribution in [-0.4, -0.2) is 22.8 Å². The largest absolute Gasteiger partial charge is 0.507 e. The van der Waals surface area contributed by atoms with Crippen molar-refractivity contribution in [1.82, 2.24) is 0 Å². The smallest absolute Gasteiger partial charge is 0.313 e. The van der Waals surface area contributed by atoms with Crippen molar-refractivity contribution in [3.63, 3.8) is 0 Å². The third-order valence-corrected chi connectivity index (χ3v) is 7.92. The lowest BCUT2D eigenvalue weighted by atomic mass is 9.76. The highest BCUT2D eigenvalue weighted by Crippen LogP contribution is 2.47. The third kappa shape index (κ3) is 13.0. The van der Waals surface area contributed by atoms with Crippen LogP contribution in [0.4, 0.5) is 0 Å². The van der Waals surface area contributed by atoms with Crippen LogP contribution < -0.4 is 0 Å². The number of phenolic OH excluding ortho intramolecular Hbond substituents is 2. The van der Waals surface area contributed by atoms with Crippen LogP contribution in [0.3, 0.4) is 0 Å². The van der Waals surface area contributed by atoms with E-state index >= 15 is 0 Å². The minimum Gasteiger partial charge on any atom is -0.507 e. The van der Waals surface area contributed by atoms with Crippen LogP contribution >= 0.6 is 0 Å². The molecule has 1 rings (SSSR count). The number of hydrogen-bond acceptors (Lipinski definition) is 4. The van der Waals surface area contributed by atoms with E-state index in [2.05, 4.69) is 6.92 Å². The van der Waals surface area contributed by atoms with Gasteiger partial charge in [-0.25, -0.2) is 0 Å². The molecule has 0 aliphatic heterocycles. The summed E-state index contributed by atoms with van der Waals surface area (Å²) in [6.07, 6.45) is 21.0. The number of ether oxygens (including phenoxy) is 1. The molecule has 0 aromatic heterocycles. The average Bonchev–Trinajstić information content (AvgIpc) is 2.83. The van der Waals surface area contributed by atoms with Crippen molar-refractivity contribution >= 4 is 5.97 Å². The fourth-order valence-electron chi connectivity index (χ4n) is 5.37. The molecule has 1 aromatic rings. The van der Waals surface area contributed by atoms with E-state index in [4.69, 9.17) is 4.74 Å². The predicted octanol–water partition coefficient (Wildman–Crippen LogP) is 10.6. The molecule has 4 nitrogen and oxygen atoms in total. The zero-order valence-corrected chi connectivity index (χ0v) is 26.9. The van der Waals surface area contributed by atoms with Gasteiger partial charge in [0, 0.05) is 16.7 Å². The van der Waals surface area contributed by atoms with Gasteiger partial charge in [-0.1, -0.05) is 145 Å². The Labute approximate surface area is 241 Å². The molecule has 0 heterocycles. The van der Waals surface area contributed by atoms with Crippen LogP contribution in [0, 0.1) is 0 Å². The zero-order chi connectivity index (χ0) is 29.5. The summed E-state index contributed by atoms with van der Waals surface area (Å²) < 4.78 is 5.60. The fraction of sp³-hybridized carbons (Fsp3) is 0.800. The molecule has 0 saturated heterocycles. The normalized spacial score (nSPS) is 13.0. The lowest BCUT2D eigenvalue weighted by Crippen LogP contribution is -2.21. The zero-order valence-electron chi connectivity index (χ0n) is 26.9. The highest BCUT2D eigenvalue weighted by molar-refractivity contribution is 5.80. The molecular weight excluding hydrogens is 484 g/mol. The van der Waals surface area contributed by atoms with Crippen molar-refractivity contribution in [3.8, 4) is 11.5 Å². The first-order valence-corrected chi connectivity index (χ1v) is 16.1. The third-order valence-electron chi connectivity index (χ3n) is 7.92. The van der Waals surface area contributed by atoms with Crippen molar-refractivity contribution < 1.29 is 19.7 Å². The summed E-state index contributed by atoms with van der Waals surface area (Å²) in [6, 6.07) is 1.78. The molecule has 0 radical (unpaired) electrons. The van der Waals surface area contributed by atoms with Crippen LogP contribution in [0.25, 0.3) is 0 Å². The van der Waals surface area contributed by atoms with Gasteiger partial charge in [-0.15, -0.1) is 0 Å². The Kier molecular flexibility index (Phi) is 16.2. The van der Waals surface area contributed by atoms with Crippen LogP contribution in [-0.2, 0) is 20.4 Å². The van der Waals surface area contributed by atoms with E-state index in [1.807, 2.05) is 41.5 Å². The van der Waals surface area contributed by atoms with E-state index in [1.54, 1.807) is 13.0 Å². The number of unbranched alkanes of at least 4 members (excludes halogenated alkanes) is 15. The second-order valence-corrected chi connectivity index (χ2v) is 13.8. The van der Waals surface area contributed by atoms with Gasteiger partial charge in [-0.3, -0.25) is 4.79 Å². The standard InChI is InChI=1S/C35H62O4/c1-9-10-11-12-13-14-15-16-17-18-19-20-21-22-23-24-25-39-33(38)27(2)28-26-29(34(3,4)5)32(37)30(31(28)36)35(6,7)8/h26-27,36-37H,9-25H2,1-8H3. The molecule has 0 aliphatic carbocycles. The maximum absolute atomic E-state index is 12.9. The van der Waals surface area contributed by atoms with E-state index in [0.29, 0.717) is 17.7 Å². The molecule has 1 aromatic carbocycles. The summed E-state index contributed by atoms with van der Waals surface area (Å²) in [5, 5.41) is 22.0. The number of rotatable bonds is 19. The molecule has 0 amide bonds. The SMILES string of the molecule is CCCCCCCCCCCCCCCCCCOC(=O)C(C)c1cc(C(C)(C)C)c(O)c(C(C)(C)C)c1O. The predicted molar refractivity (Wildman–Crippen MR) is 166 cm³/mol. The highest BCUT2D eigenvalue weighted by Gasteiger charge is 2.33. The Hall–Kier alpha value is -1.71. The van der Waals surface area contributed by atoms with Crippen molar-refractivity contribution in [3.05, 3.63) is 22.8 Å². The maximum Gasteiger partial charge on any atom is 0.313 e. The minimum absolute atomic E-state index is 0.000131. The first kappa shape index (κ1) is 35.3. The maximum atomic E-state index is 12.9. The van der Waals surface area contributed by atoms with Crippen LogP contribution in [0.1, 0.15) is 181 Å². The van der Waals surface area contributed by atoms with Gasteiger partial charge in [-0.05, 0) is 30.2 Å². The van der Waals surface area contributed by atoms with E-state index in [-0.39, 0.29) is 22.9 Å². The monoisotopic (exact) mass is 546 g/mol. The number of hydrogen-bond donors (Lipinski definition) is 2. The van der Waals surface area contributed by atoms with Gasteiger partial charge in [0.2, 0.25) is 0 Å². The van der Waals surface area contributed by atoms with E-state index in [1.165, 1.54) is 89.9 Å². The fourth-order valence-corrected chi connectivity index (χ4v) is 5.37. The molecule has 39 heavy (non-hydrogen) atoms. The Morgan fingerprint density at radius 1 is 0.692 bits per heavy atom. The van der Waals surface area contributed by atoms with Gasteiger partial charge in [-0.2, -0.15) is 0 Å². The minimum atomic E-state index is -0.603. The number of phenols is 2. The first-order chi connectivity index (χ1) is 18.3. The van der Waals surface area contributed by atoms with Gasteiger partial charge in [0.1, 0.15) is 11.5 Å². The van der Waals surface area contributed by atoms with Crippen LogP contribution in [0.15, 0.2) is 6.07 Å². The molecule has 4 heteroatoms. The van der Waals surface area contributed by atoms with Gasteiger partial charge in [0.25, 0.3) is 0 Å². The average molecular weight is 547 g/mol. The summed E-state index contributed by atoms with van der Waals surface area (Å²) in [5.74, 6) is -0.810. The molecule has 0 saturated carbocycles. The first-order valence-electron chi connectivity index (χ1n) is 16.1. The number of esters is 1. The van der Waals surface area contributed by atoms with Crippen LogP contribution in [0.2, 0.25) is 0 Å². The summed E-state index contributed by atoms with van der Waals surface area (Å²) >= 11 is 0. The molecule has 0 fully saturated rings. The lowest BCUT2D eigenvalue weighted by Gasteiger charge is -2.30.